The maximum atomic E-state index is 20.1. The van der Waals surface area contributed by atoms with Crippen LogP contribution in [0.5, 0.6) is 0 Å². The van der Waals surface area contributed by atoms with Crippen molar-refractivity contribution in [3.63, 3.8) is 0 Å². The Morgan fingerprint density at radius 1 is 0.347 bits per heavy atom. The van der Waals surface area contributed by atoms with Crippen LogP contribution in [0.15, 0.2) is 176 Å². The van der Waals surface area contributed by atoms with Crippen LogP contribution in [0, 0.1) is 17.5 Å². The number of aryl methyl sites for hydroxylation is 4. The lowest BCUT2D eigenvalue weighted by molar-refractivity contribution is -0.358. The van der Waals surface area contributed by atoms with Crippen LogP contribution in [0.25, 0.3) is 50.2 Å². The zero-order valence-corrected chi connectivity index (χ0v) is 43.5. The third-order valence-electron chi connectivity index (χ3n) is 15.1. The van der Waals surface area contributed by atoms with Gasteiger partial charge in [0.05, 0.1) is 16.7 Å². The van der Waals surface area contributed by atoms with Crippen LogP contribution in [-0.2, 0) is 25.7 Å². The third kappa shape index (κ3) is 10.0. The molecule has 0 aliphatic carbocycles. The van der Waals surface area contributed by atoms with Gasteiger partial charge in [0.2, 0.25) is 0 Å². The number of rotatable bonds is 19. The maximum absolute atomic E-state index is 20.1. The average molecular weight is 1000 g/mol. The van der Waals surface area contributed by atoms with E-state index in [0.29, 0.717) is 67.1 Å². The van der Waals surface area contributed by atoms with Gasteiger partial charge < -0.3 is 17.6 Å². The molecule has 0 saturated carbocycles. The Morgan fingerprint density at radius 3 is 1.05 bits per heavy atom. The topological polar surface area (TPSA) is 7.94 Å². The van der Waals surface area contributed by atoms with Crippen molar-refractivity contribution in [1.82, 2.24) is 4.48 Å². The van der Waals surface area contributed by atoms with Crippen molar-refractivity contribution in [2.24, 2.45) is 0 Å². The van der Waals surface area contributed by atoms with Crippen molar-refractivity contribution in [2.45, 2.75) is 105 Å². The number of allylic oxidation sites excluding steroid dienone is 2. The standard InChI is InChI=1S/C67H64BF5N2/c1-5-9-13-45-17-25-49(26-18-45)59-61(51-33-39-56(69)40-34-51)66-63(53-37-43-58(71)44-38-53)67-62(52-35-41-57(70)42-36-52)60(50-27-19-46(20-28-50)14-10-6-2)65(55-31-23-48(24-32-55)16-12-8-4)75(67)68(72,73)74(66)64(59)54-29-21-47(22-30-54)15-11-7-3/h17-44H,5-16H2,1-4H3. The normalized spacial score (nSPS) is 14.0. The molecule has 10 rings (SSSR count). The molecule has 0 radical (unpaired) electrons. The fourth-order valence-electron chi connectivity index (χ4n) is 11.2. The molecule has 1 aromatic heterocycles. The first-order valence-corrected chi connectivity index (χ1v) is 27.2. The summed E-state index contributed by atoms with van der Waals surface area (Å²) in [5.41, 5.74) is 12.3. The van der Waals surface area contributed by atoms with Crippen LogP contribution >= 0.6 is 0 Å². The molecule has 8 heteroatoms. The maximum Gasteiger partial charge on any atom is 0.738 e. The Balaban J connectivity index is 1.42. The van der Waals surface area contributed by atoms with Crippen LogP contribution < -0.4 is 0 Å². The molecule has 0 atom stereocenters. The van der Waals surface area contributed by atoms with Gasteiger partial charge in [-0.05, 0) is 156 Å². The molecule has 2 aliphatic heterocycles. The Bertz CT molecular complexity index is 3400. The van der Waals surface area contributed by atoms with E-state index in [-0.39, 0.29) is 11.4 Å². The Kier molecular flexibility index (Phi) is 15.2. The lowest BCUT2D eigenvalue weighted by atomic mass is 9.81. The average Bonchev–Trinajstić information content (AvgIpc) is 4.17. The molecular formula is C67H64BF5N2. The van der Waals surface area contributed by atoms with Crippen LogP contribution in [0.2, 0.25) is 0 Å². The highest BCUT2D eigenvalue weighted by Crippen LogP contribution is 2.57. The number of hydrogen-bond donors (Lipinski definition) is 0. The van der Waals surface area contributed by atoms with Crippen molar-refractivity contribution in [3.05, 3.63) is 243 Å². The smallest absolute Gasteiger partial charge is 0.389 e. The van der Waals surface area contributed by atoms with E-state index in [2.05, 4.69) is 52.0 Å². The van der Waals surface area contributed by atoms with E-state index in [0.717, 1.165) is 110 Å². The molecule has 380 valence electrons. The molecule has 2 aliphatic rings. The molecule has 2 nitrogen and oxygen atoms in total. The van der Waals surface area contributed by atoms with Gasteiger partial charge in [0.1, 0.15) is 17.5 Å². The van der Waals surface area contributed by atoms with Gasteiger partial charge >= 0.3 is 6.97 Å². The molecule has 7 aromatic carbocycles. The first kappa shape index (κ1) is 51.2. The van der Waals surface area contributed by atoms with E-state index < -0.39 is 24.4 Å². The number of halogens is 5. The zero-order valence-electron chi connectivity index (χ0n) is 43.5. The second kappa shape index (κ2) is 22.3. The zero-order chi connectivity index (χ0) is 52.2. The molecule has 0 N–H and O–H groups in total. The minimum Gasteiger partial charge on any atom is -0.389 e. The molecule has 0 bridgehead atoms. The highest BCUT2D eigenvalue weighted by molar-refractivity contribution is 6.61. The number of benzene rings is 7. The predicted octanol–water partition coefficient (Wildman–Crippen LogP) is 18.4. The van der Waals surface area contributed by atoms with E-state index in [1.807, 2.05) is 72.8 Å². The summed E-state index contributed by atoms with van der Waals surface area (Å²) < 4.78 is 88.6. The van der Waals surface area contributed by atoms with E-state index in [9.17, 15) is 0 Å². The molecule has 0 amide bonds. The number of hydrogen-bond acceptors (Lipinski definition) is 0. The van der Waals surface area contributed by atoms with Crippen molar-refractivity contribution < 1.29 is 26.3 Å². The number of aromatic nitrogens is 1. The summed E-state index contributed by atoms with van der Waals surface area (Å²) in [6.45, 7) is 3.70. The largest absolute Gasteiger partial charge is 0.738 e. The summed E-state index contributed by atoms with van der Waals surface area (Å²) in [5, 5.41) is 0. The lowest BCUT2D eigenvalue weighted by Crippen LogP contribution is -2.52. The van der Waals surface area contributed by atoms with Crippen molar-refractivity contribution in [3.8, 4) is 33.5 Å². The minimum absolute atomic E-state index is 0.213. The summed E-state index contributed by atoms with van der Waals surface area (Å²) in [4.78, 5) is 0. The molecule has 75 heavy (non-hydrogen) atoms. The molecular weight excluding hydrogens is 939 g/mol. The van der Waals surface area contributed by atoms with Crippen molar-refractivity contribution in [2.75, 3.05) is 0 Å². The van der Waals surface area contributed by atoms with Gasteiger partial charge in [-0.2, -0.15) is 0 Å². The highest BCUT2D eigenvalue weighted by atomic mass is 19.2. The van der Waals surface area contributed by atoms with E-state index >= 15 is 21.8 Å². The Hall–Kier alpha value is -7.32. The number of unbranched alkanes of at least 4 members (excludes halogenated alkanes) is 4. The fourth-order valence-corrected chi connectivity index (χ4v) is 11.2. The van der Waals surface area contributed by atoms with Crippen molar-refractivity contribution in [1.29, 1.82) is 0 Å². The van der Waals surface area contributed by atoms with Gasteiger partial charge in [0.15, 0.2) is 11.4 Å². The molecule has 8 aromatic rings. The van der Waals surface area contributed by atoms with Gasteiger partial charge in [0, 0.05) is 28.1 Å². The Labute approximate surface area is 439 Å². The van der Waals surface area contributed by atoms with Gasteiger partial charge in [-0.3, -0.25) is 0 Å². The second-order valence-corrected chi connectivity index (χ2v) is 20.3. The van der Waals surface area contributed by atoms with Crippen LogP contribution in [0.4, 0.5) is 21.8 Å². The van der Waals surface area contributed by atoms with Gasteiger partial charge in [-0.25, -0.2) is 13.2 Å². The molecule has 0 saturated heterocycles. The predicted molar refractivity (Wildman–Crippen MR) is 301 cm³/mol. The first-order valence-electron chi connectivity index (χ1n) is 27.2. The minimum atomic E-state index is -4.91. The van der Waals surface area contributed by atoms with Crippen LogP contribution in [0.3, 0.4) is 0 Å². The molecule has 0 spiro atoms. The molecule has 0 fully saturated rings. The highest BCUT2D eigenvalue weighted by Gasteiger charge is 2.60. The number of fused-ring (bicyclic) bond motifs is 2. The van der Waals surface area contributed by atoms with E-state index in [1.54, 1.807) is 36.4 Å². The fraction of sp³-hybridized carbons (Fsp3) is 0.239. The molecule has 3 heterocycles. The summed E-state index contributed by atoms with van der Waals surface area (Å²) in [7, 11) is 0. The van der Waals surface area contributed by atoms with Gasteiger partial charge in [-0.15, -0.1) is 0 Å². The quantitative estimate of drug-likeness (QED) is 0.0563. The van der Waals surface area contributed by atoms with Gasteiger partial charge in [0.25, 0.3) is 0 Å². The monoisotopic (exact) mass is 1000 g/mol. The summed E-state index contributed by atoms with van der Waals surface area (Å²) >= 11 is 0. The SMILES string of the molecule is CCCCc1ccc(C2=C(c3ccc(F)cc3)C3=C(c4ccc(F)cc4)c4c(-c5ccc(F)cc5)c(-c5ccc(CCCC)cc5)c(-c5ccc(CCCC)cc5)n4[B-](F)(F)[N+]3=C2c2ccc(CCCC)cc2)cc1. The second-order valence-electron chi connectivity index (χ2n) is 20.3. The van der Waals surface area contributed by atoms with Crippen LogP contribution in [0.1, 0.15) is 129 Å². The molecule has 0 unspecified atom stereocenters. The van der Waals surface area contributed by atoms with Gasteiger partial charge in [-0.1, -0.05) is 175 Å². The van der Waals surface area contributed by atoms with Crippen LogP contribution in [-0.4, -0.2) is 21.6 Å². The third-order valence-corrected chi connectivity index (χ3v) is 15.1. The number of nitrogens with zero attached hydrogens (tertiary/aromatic N) is 2. The summed E-state index contributed by atoms with van der Waals surface area (Å²) in [6.07, 6.45) is 11.5. The lowest BCUT2D eigenvalue weighted by Gasteiger charge is -2.35. The Morgan fingerprint density at radius 2 is 0.653 bits per heavy atom. The van der Waals surface area contributed by atoms with Crippen molar-refractivity contribution >= 4 is 29.4 Å². The summed E-state index contributed by atoms with van der Waals surface area (Å²) in [6, 6.07) is 50.7. The first-order chi connectivity index (χ1) is 36.5. The van der Waals surface area contributed by atoms with E-state index in [4.69, 9.17) is 0 Å². The summed E-state index contributed by atoms with van der Waals surface area (Å²) in [5.74, 6) is -1.40. The van der Waals surface area contributed by atoms with E-state index in [1.165, 1.54) is 45.4 Å².